The highest BCUT2D eigenvalue weighted by molar-refractivity contribution is 4.81. The second kappa shape index (κ2) is 5.69. The first-order chi connectivity index (χ1) is 6.63. The molecule has 14 heavy (non-hydrogen) atoms. The lowest BCUT2D eigenvalue weighted by molar-refractivity contribution is 0.0289. The van der Waals surface area contributed by atoms with E-state index >= 15 is 0 Å². The standard InChI is InChI=1S/C11H24N2O/c1-8(2)4-6-10(13-12)11-7-5-9(3)14-11/h8-11,13H,4-7,12H2,1-3H3. The molecule has 0 aromatic rings. The third-order valence-electron chi connectivity index (χ3n) is 2.98. The van der Waals surface area contributed by atoms with E-state index in [4.69, 9.17) is 10.6 Å². The summed E-state index contributed by atoms with van der Waals surface area (Å²) in [6.45, 7) is 6.62. The Hall–Kier alpha value is -0.120. The van der Waals surface area contributed by atoms with Gasteiger partial charge in [-0.2, -0.15) is 0 Å². The molecule has 0 bridgehead atoms. The van der Waals surface area contributed by atoms with Gasteiger partial charge in [0.25, 0.3) is 0 Å². The lowest BCUT2D eigenvalue weighted by Gasteiger charge is -2.23. The third kappa shape index (κ3) is 3.56. The van der Waals surface area contributed by atoms with Gasteiger partial charge in [-0.25, -0.2) is 0 Å². The van der Waals surface area contributed by atoms with Crippen molar-refractivity contribution in [3.8, 4) is 0 Å². The lowest BCUT2D eigenvalue weighted by Crippen LogP contribution is -2.44. The van der Waals surface area contributed by atoms with Crippen molar-refractivity contribution in [2.45, 2.75) is 64.7 Å². The van der Waals surface area contributed by atoms with Crippen molar-refractivity contribution in [2.24, 2.45) is 11.8 Å². The quantitative estimate of drug-likeness (QED) is 0.525. The van der Waals surface area contributed by atoms with Crippen LogP contribution in [0, 0.1) is 5.92 Å². The van der Waals surface area contributed by atoms with Crippen LogP contribution >= 0.6 is 0 Å². The summed E-state index contributed by atoms with van der Waals surface area (Å²) in [5.74, 6) is 6.29. The first-order valence-corrected chi connectivity index (χ1v) is 5.75. The lowest BCUT2D eigenvalue weighted by atomic mass is 9.98. The van der Waals surface area contributed by atoms with Crippen LogP contribution in [0.15, 0.2) is 0 Å². The third-order valence-corrected chi connectivity index (χ3v) is 2.98. The summed E-state index contributed by atoms with van der Waals surface area (Å²) in [5.41, 5.74) is 2.89. The van der Waals surface area contributed by atoms with E-state index in [9.17, 15) is 0 Å². The summed E-state index contributed by atoms with van der Waals surface area (Å²) in [4.78, 5) is 0. The Bertz CT molecular complexity index is 161. The molecule has 1 rings (SSSR count). The maximum absolute atomic E-state index is 5.80. The maximum atomic E-state index is 5.80. The number of rotatable bonds is 5. The molecule has 0 spiro atoms. The van der Waals surface area contributed by atoms with Crippen molar-refractivity contribution in [3.05, 3.63) is 0 Å². The number of hydrazine groups is 1. The SMILES string of the molecule is CC(C)CCC(NN)C1CCC(C)O1. The Balaban J connectivity index is 2.30. The van der Waals surface area contributed by atoms with Gasteiger partial charge in [0.15, 0.2) is 0 Å². The first kappa shape index (κ1) is 12.0. The number of nitrogens with two attached hydrogens (primary N) is 1. The molecule has 0 radical (unpaired) electrons. The fraction of sp³-hybridized carbons (Fsp3) is 1.00. The van der Waals surface area contributed by atoms with Crippen molar-refractivity contribution in [2.75, 3.05) is 0 Å². The molecule has 3 N–H and O–H groups in total. The summed E-state index contributed by atoms with van der Waals surface area (Å²) in [5, 5.41) is 0. The molecule has 0 saturated carbocycles. The average Bonchev–Trinajstić information content (AvgIpc) is 2.53. The molecule has 1 aliphatic heterocycles. The van der Waals surface area contributed by atoms with Crippen LogP contribution in [0.5, 0.6) is 0 Å². The summed E-state index contributed by atoms with van der Waals surface area (Å²) in [6.07, 6.45) is 5.39. The Morgan fingerprint density at radius 1 is 1.36 bits per heavy atom. The highest BCUT2D eigenvalue weighted by Crippen LogP contribution is 2.24. The zero-order valence-electron chi connectivity index (χ0n) is 9.62. The van der Waals surface area contributed by atoms with Gasteiger partial charge in [-0.3, -0.25) is 11.3 Å². The molecule has 0 aliphatic carbocycles. The maximum Gasteiger partial charge on any atom is 0.0746 e. The summed E-state index contributed by atoms with van der Waals surface area (Å²) < 4.78 is 5.80. The van der Waals surface area contributed by atoms with Crippen LogP contribution in [0.1, 0.15) is 46.5 Å². The molecule has 0 aromatic carbocycles. The molecular weight excluding hydrogens is 176 g/mol. The Morgan fingerprint density at radius 3 is 2.50 bits per heavy atom. The normalized spacial score (nSPS) is 29.8. The summed E-state index contributed by atoms with van der Waals surface area (Å²) in [6, 6.07) is 0.336. The largest absolute Gasteiger partial charge is 0.374 e. The van der Waals surface area contributed by atoms with Crippen LogP contribution in [-0.2, 0) is 4.74 Å². The number of hydrogen-bond acceptors (Lipinski definition) is 3. The molecule has 1 heterocycles. The molecule has 0 aromatic heterocycles. The van der Waals surface area contributed by atoms with Crippen molar-refractivity contribution >= 4 is 0 Å². The number of hydrogen-bond donors (Lipinski definition) is 2. The minimum atomic E-state index is 0.328. The van der Waals surface area contributed by atoms with Crippen LogP contribution in [-0.4, -0.2) is 18.2 Å². The second-order valence-electron chi connectivity index (χ2n) is 4.81. The monoisotopic (exact) mass is 200 g/mol. The Kier molecular flexibility index (Phi) is 4.85. The molecule has 3 unspecified atom stereocenters. The van der Waals surface area contributed by atoms with Gasteiger partial charge in [-0.05, 0) is 38.5 Å². The van der Waals surface area contributed by atoms with Crippen LogP contribution in [0.2, 0.25) is 0 Å². The van der Waals surface area contributed by atoms with Gasteiger partial charge in [0.2, 0.25) is 0 Å². The van der Waals surface area contributed by atoms with E-state index < -0.39 is 0 Å². The van der Waals surface area contributed by atoms with Gasteiger partial charge in [-0.1, -0.05) is 13.8 Å². The molecule has 3 atom stereocenters. The van der Waals surface area contributed by atoms with E-state index in [-0.39, 0.29) is 0 Å². The van der Waals surface area contributed by atoms with E-state index in [1.54, 1.807) is 0 Å². The molecule has 1 aliphatic rings. The van der Waals surface area contributed by atoms with Crippen LogP contribution in [0.25, 0.3) is 0 Å². The van der Waals surface area contributed by atoms with Gasteiger partial charge in [0.05, 0.1) is 12.2 Å². The molecule has 84 valence electrons. The van der Waals surface area contributed by atoms with Crippen LogP contribution < -0.4 is 11.3 Å². The fourth-order valence-electron chi connectivity index (χ4n) is 2.02. The van der Waals surface area contributed by atoms with Gasteiger partial charge < -0.3 is 4.74 Å². The van der Waals surface area contributed by atoms with Crippen molar-refractivity contribution < 1.29 is 4.74 Å². The van der Waals surface area contributed by atoms with E-state index in [1.165, 1.54) is 12.8 Å². The molecule has 3 heteroatoms. The minimum Gasteiger partial charge on any atom is -0.374 e. The summed E-state index contributed by atoms with van der Waals surface area (Å²) in [7, 11) is 0. The van der Waals surface area contributed by atoms with Crippen LogP contribution in [0.3, 0.4) is 0 Å². The van der Waals surface area contributed by atoms with E-state index in [2.05, 4.69) is 26.2 Å². The van der Waals surface area contributed by atoms with Crippen LogP contribution in [0.4, 0.5) is 0 Å². The van der Waals surface area contributed by atoms with Gasteiger partial charge >= 0.3 is 0 Å². The highest BCUT2D eigenvalue weighted by atomic mass is 16.5. The fourth-order valence-corrected chi connectivity index (χ4v) is 2.02. The van der Waals surface area contributed by atoms with Crippen molar-refractivity contribution in [1.82, 2.24) is 5.43 Å². The van der Waals surface area contributed by atoms with Gasteiger partial charge in [-0.15, -0.1) is 0 Å². The molecule has 0 amide bonds. The first-order valence-electron chi connectivity index (χ1n) is 5.75. The predicted octanol–water partition coefficient (Wildman–Crippen LogP) is 1.82. The second-order valence-corrected chi connectivity index (χ2v) is 4.81. The molecule has 1 saturated heterocycles. The predicted molar refractivity (Wildman–Crippen MR) is 58.8 cm³/mol. The molecular formula is C11H24N2O. The smallest absolute Gasteiger partial charge is 0.0746 e. The average molecular weight is 200 g/mol. The topological polar surface area (TPSA) is 47.3 Å². The van der Waals surface area contributed by atoms with Gasteiger partial charge in [0, 0.05) is 6.04 Å². The van der Waals surface area contributed by atoms with Gasteiger partial charge in [0.1, 0.15) is 0 Å². The highest BCUT2D eigenvalue weighted by Gasteiger charge is 2.28. The Morgan fingerprint density at radius 2 is 2.07 bits per heavy atom. The van der Waals surface area contributed by atoms with Crippen molar-refractivity contribution in [3.63, 3.8) is 0 Å². The minimum absolute atomic E-state index is 0.328. The zero-order chi connectivity index (χ0) is 10.6. The Labute approximate surface area is 87.4 Å². The molecule has 1 fully saturated rings. The van der Waals surface area contributed by atoms with E-state index in [0.29, 0.717) is 18.2 Å². The summed E-state index contributed by atoms with van der Waals surface area (Å²) >= 11 is 0. The number of ether oxygens (including phenoxy) is 1. The zero-order valence-corrected chi connectivity index (χ0v) is 9.62. The number of nitrogens with one attached hydrogen (secondary N) is 1. The molecule has 3 nitrogen and oxygen atoms in total. The van der Waals surface area contributed by atoms with E-state index in [1.807, 2.05) is 0 Å². The van der Waals surface area contributed by atoms with Crippen molar-refractivity contribution in [1.29, 1.82) is 0 Å². The van der Waals surface area contributed by atoms with E-state index in [0.717, 1.165) is 18.8 Å².